The van der Waals surface area contributed by atoms with E-state index in [-0.39, 0.29) is 19.1 Å². The molecule has 6 heteroatoms. The quantitative estimate of drug-likeness (QED) is 0.870. The first-order chi connectivity index (χ1) is 12.5. The van der Waals surface area contributed by atoms with Crippen molar-refractivity contribution in [1.29, 1.82) is 0 Å². The zero-order valence-electron chi connectivity index (χ0n) is 14.7. The fourth-order valence-electron chi connectivity index (χ4n) is 3.09. The number of nitrogens with zero attached hydrogens (tertiary/aromatic N) is 1. The zero-order valence-corrected chi connectivity index (χ0v) is 15.4. The van der Waals surface area contributed by atoms with Crippen molar-refractivity contribution in [3.8, 4) is 11.5 Å². The standard InChI is InChI=1S/C20H22ClNO4/c1-25-17-8-6-15(7-9-17)19(23)22-11-3-10-20(24,13-22)14-26-18-5-2-4-16(21)12-18/h2,4-9,12,24H,3,10-11,13-14H2,1H3. The van der Waals surface area contributed by atoms with E-state index < -0.39 is 5.60 Å². The number of likely N-dealkylation sites (tertiary alicyclic amines) is 1. The van der Waals surface area contributed by atoms with Crippen molar-refractivity contribution in [2.45, 2.75) is 18.4 Å². The molecule has 0 aliphatic carbocycles. The minimum absolute atomic E-state index is 0.103. The number of benzene rings is 2. The van der Waals surface area contributed by atoms with Gasteiger partial charge in [-0.1, -0.05) is 17.7 Å². The second-order valence-electron chi connectivity index (χ2n) is 6.53. The Morgan fingerprint density at radius 1 is 1.23 bits per heavy atom. The lowest BCUT2D eigenvalue weighted by atomic mass is 9.93. The van der Waals surface area contributed by atoms with Crippen LogP contribution in [0.2, 0.25) is 5.02 Å². The number of carbonyl (C=O) groups is 1. The van der Waals surface area contributed by atoms with Gasteiger partial charge in [-0.25, -0.2) is 0 Å². The van der Waals surface area contributed by atoms with E-state index >= 15 is 0 Å². The zero-order chi connectivity index (χ0) is 18.6. The molecule has 1 atom stereocenters. The van der Waals surface area contributed by atoms with Crippen molar-refractivity contribution in [2.75, 3.05) is 26.8 Å². The van der Waals surface area contributed by atoms with Crippen LogP contribution in [0.15, 0.2) is 48.5 Å². The number of carbonyl (C=O) groups excluding carboxylic acids is 1. The molecule has 5 nitrogen and oxygen atoms in total. The van der Waals surface area contributed by atoms with Crippen LogP contribution >= 0.6 is 11.6 Å². The van der Waals surface area contributed by atoms with Crippen LogP contribution in [0.5, 0.6) is 11.5 Å². The van der Waals surface area contributed by atoms with Crippen molar-refractivity contribution < 1.29 is 19.4 Å². The minimum atomic E-state index is -1.08. The van der Waals surface area contributed by atoms with E-state index in [4.69, 9.17) is 21.1 Å². The summed E-state index contributed by atoms with van der Waals surface area (Å²) in [4.78, 5) is 14.4. The van der Waals surface area contributed by atoms with Gasteiger partial charge in [-0.05, 0) is 55.3 Å². The normalized spacial score (nSPS) is 19.9. The largest absolute Gasteiger partial charge is 0.497 e. The second kappa shape index (κ2) is 7.98. The predicted molar refractivity (Wildman–Crippen MR) is 100 cm³/mol. The number of hydrogen-bond donors (Lipinski definition) is 1. The maximum absolute atomic E-state index is 12.7. The summed E-state index contributed by atoms with van der Waals surface area (Å²) in [5.74, 6) is 1.20. The molecule has 0 radical (unpaired) electrons. The SMILES string of the molecule is COc1ccc(C(=O)N2CCCC(O)(COc3cccc(Cl)c3)C2)cc1. The molecule has 138 valence electrons. The van der Waals surface area contributed by atoms with Gasteiger partial charge >= 0.3 is 0 Å². The van der Waals surface area contributed by atoms with Gasteiger partial charge in [0.2, 0.25) is 0 Å². The van der Waals surface area contributed by atoms with Crippen molar-refractivity contribution in [3.63, 3.8) is 0 Å². The van der Waals surface area contributed by atoms with Crippen molar-refractivity contribution in [2.24, 2.45) is 0 Å². The Hall–Kier alpha value is -2.24. The van der Waals surface area contributed by atoms with Gasteiger partial charge in [-0.3, -0.25) is 4.79 Å². The third-order valence-corrected chi connectivity index (χ3v) is 4.72. The Labute approximate surface area is 158 Å². The van der Waals surface area contributed by atoms with Gasteiger partial charge < -0.3 is 19.5 Å². The summed E-state index contributed by atoms with van der Waals surface area (Å²) in [6, 6.07) is 14.0. The number of halogens is 1. The Morgan fingerprint density at radius 3 is 2.69 bits per heavy atom. The van der Waals surface area contributed by atoms with Crippen LogP contribution in [0.3, 0.4) is 0 Å². The van der Waals surface area contributed by atoms with Crippen LogP contribution < -0.4 is 9.47 Å². The molecule has 0 bridgehead atoms. The Kier molecular flexibility index (Phi) is 5.69. The average molecular weight is 376 g/mol. The van der Waals surface area contributed by atoms with Gasteiger partial charge in [-0.2, -0.15) is 0 Å². The topological polar surface area (TPSA) is 59.0 Å². The molecule has 0 spiro atoms. The number of β-amino-alcohol motifs (C(OH)–C–C–N with tert-alkyl or cyclic N) is 1. The van der Waals surface area contributed by atoms with E-state index in [1.54, 1.807) is 60.5 Å². The second-order valence-corrected chi connectivity index (χ2v) is 6.97. The molecule has 0 aromatic heterocycles. The van der Waals surface area contributed by atoms with E-state index in [2.05, 4.69) is 0 Å². The van der Waals surface area contributed by atoms with E-state index in [1.165, 1.54) is 0 Å². The lowest BCUT2D eigenvalue weighted by Gasteiger charge is -2.39. The van der Waals surface area contributed by atoms with Crippen molar-refractivity contribution >= 4 is 17.5 Å². The van der Waals surface area contributed by atoms with Crippen molar-refractivity contribution in [1.82, 2.24) is 4.90 Å². The molecule has 1 aliphatic heterocycles. The van der Waals surface area contributed by atoms with Crippen LogP contribution in [-0.4, -0.2) is 48.3 Å². The lowest BCUT2D eigenvalue weighted by molar-refractivity contribution is -0.0532. The molecule has 1 saturated heterocycles. The highest BCUT2D eigenvalue weighted by Crippen LogP contribution is 2.25. The van der Waals surface area contributed by atoms with Crippen LogP contribution in [0.1, 0.15) is 23.2 Å². The molecule has 2 aromatic rings. The molecule has 2 aromatic carbocycles. The summed E-state index contributed by atoms with van der Waals surface area (Å²) >= 11 is 5.95. The van der Waals surface area contributed by atoms with Crippen molar-refractivity contribution in [3.05, 3.63) is 59.1 Å². The molecule has 0 saturated carbocycles. The predicted octanol–water partition coefficient (Wildman–Crippen LogP) is 3.39. The third kappa shape index (κ3) is 4.48. The number of piperidine rings is 1. The number of ether oxygens (including phenoxy) is 2. The summed E-state index contributed by atoms with van der Waals surface area (Å²) in [5, 5.41) is 11.5. The summed E-state index contributed by atoms with van der Waals surface area (Å²) in [5.41, 5.74) is -0.506. The van der Waals surface area contributed by atoms with Crippen LogP contribution in [0, 0.1) is 0 Å². The van der Waals surface area contributed by atoms with Gasteiger partial charge in [0.1, 0.15) is 23.7 Å². The van der Waals surface area contributed by atoms with Gasteiger partial charge in [0.15, 0.2) is 0 Å². The molecule has 1 fully saturated rings. The minimum Gasteiger partial charge on any atom is -0.497 e. The molecule has 1 unspecified atom stereocenters. The van der Waals surface area contributed by atoms with Crippen LogP contribution in [0.4, 0.5) is 0 Å². The van der Waals surface area contributed by atoms with Gasteiger partial charge in [0.25, 0.3) is 5.91 Å². The lowest BCUT2D eigenvalue weighted by Crippen LogP contribution is -2.53. The summed E-state index contributed by atoms with van der Waals surface area (Å²) in [6.45, 7) is 0.961. The van der Waals surface area contributed by atoms with E-state index in [0.717, 1.165) is 6.42 Å². The first-order valence-corrected chi connectivity index (χ1v) is 8.91. The first kappa shape index (κ1) is 18.5. The highest BCUT2D eigenvalue weighted by atomic mass is 35.5. The van der Waals surface area contributed by atoms with Gasteiger partial charge in [0, 0.05) is 17.1 Å². The number of aliphatic hydroxyl groups is 1. The number of methoxy groups -OCH3 is 1. The highest BCUT2D eigenvalue weighted by Gasteiger charge is 2.36. The number of amides is 1. The monoisotopic (exact) mass is 375 g/mol. The van der Waals surface area contributed by atoms with Gasteiger partial charge in [-0.15, -0.1) is 0 Å². The smallest absolute Gasteiger partial charge is 0.253 e. The number of rotatable bonds is 5. The van der Waals surface area contributed by atoms with Crippen LogP contribution in [-0.2, 0) is 0 Å². The fraction of sp³-hybridized carbons (Fsp3) is 0.350. The maximum atomic E-state index is 12.7. The Balaban J connectivity index is 1.64. The molecule has 3 rings (SSSR count). The summed E-state index contributed by atoms with van der Waals surface area (Å²) in [7, 11) is 1.58. The molecular formula is C20H22ClNO4. The number of hydrogen-bond acceptors (Lipinski definition) is 4. The maximum Gasteiger partial charge on any atom is 0.253 e. The summed E-state index contributed by atoms with van der Waals surface area (Å²) < 4.78 is 10.8. The summed E-state index contributed by atoms with van der Waals surface area (Å²) in [6.07, 6.45) is 1.30. The Morgan fingerprint density at radius 2 is 2.00 bits per heavy atom. The van der Waals surface area contributed by atoms with E-state index in [0.29, 0.717) is 35.1 Å². The molecule has 1 amide bonds. The van der Waals surface area contributed by atoms with Crippen LogP contribution in [0.25, 0.3) is 0 Å². The first-order valence-electron chi connectivity index (χ1n) is 8.53. The fourth-order valence-corrected chi connectivity index (χ4v) is 3.27. The highest BCUT2D eigenvalue weighted by molar-refractivity contribution is 6.30. The third-order valence-electron chi connectivity index (χ3n) is 4.48. The molecule has 1 N–H and O–H groups in total. The Bertz CT molecular complexity index is 765. The van der Waals surface area contributed by atoms with E-state index in [1.807, 2.05) is 0 Å². The molecular weight excluding hydrogens is 354 g/mol. The average Bonchev–Trinajstić information content (AvgIpc) is 2.66. The molecule has 1 aliphatic rings. The van der Waals surface area contributed by atoms with E-state index in [9.17, 15) is 9.90 Å². The van der Waals surface area contributed by atoms with Gasteiger partial charge in [0.05, 0.1) is 13.7 Å². The molecule has 1 heterocycles. The molecule has 26 heavy (non-hydrogen) atoms.